The highest BCUT2D eigenvalue weighted by molar-refractivity contribution is 6.35. The van der Waals surface area contributed by atoms with E-state index in [-0.39, 0.29) is 41.4 Å². The van der Waals surface area contributed by atoms with Crippen LogP contribution in [0.4, 0.5) is 5.69 Å². The van der Waals surface area contributed by atoms with Gasteiger partial charge in [-0.15, -0.1) is 0 Å². The minimum Gasteiger partial charge on any atom is -0.272 e. The molecule has 2 bridgehead atoms. The van der Waals surface area contributed by atoms with Crippen LogP contribution in [0.25, 0.3) is 0 Å². The van der Waals surface area contributed by atoms with Crippen LogP contribution in [0.1, 0.15) is 35.2 Å². The van der Waals surface area contributed by atoms with E-state index in [2.05, 4.69) is 0 Å². The first-order valence-electron chi connectivity index (χ1n) is 10.6. The number of nitro benzene ring substituents is 1. The van der Waals surface area contributed by atoms with Crippen molar-refractivity contribution in [1.82, 2.24) is 10.0 Å². The minimum absolute atomic E-state index is 0.117. The van der Waals surface area contributed by atoms with E-state index in [1.165, 1.54) is 30.3 Å². The fourth-order valence-corrected chi connectivity index (χ4v) is 6.02. The van der Waals surface area contributed by atoms with E-state index in [0.29, 0.717) is 15.6 Å². The summed E-state index contributed by atoms with van der Waals surface area (Å²) in [5.41, 5.74) is 0.460. The first-order valence-corrected chi connectivity index (χ1v) is 11.4. The SMILES string of the molecule is O=C(c1ccc([N+](=O)[O-])cc1)N(Cc1ccc(Cl)cc1Cl)N1C(=O)[C@@H]2[C@H]3CC[C@@H](C3)[C@@H]2C1=O. The van der Waals surface area contributed by atoms with Gasteiger partial charge in [-0.25, -0.2) is 5.01 Å². The lowest BCUT2D eigenvalue weighted by Crippen LogP contribution is -2.50. The first-order chi connectivity index (χ1) is 15.8. The van der Waals surface area contributed by atoms with Gasteiger partial charge in [-0.2, -0.15) is 5.01 Å². The molecule has 0 N–H and O–H groups in total. The molecule has 2 aromatic carbocycles. The fourth-order valence-electron chi connectivity index (χ4n) is 5.55. The molecule has 2 saturated carbocycles. The molecule has 1 heterocycles. The summed E-state index contributed by atoms with van der Waals surface area (Å²) in [4.78, 5) is 50.8. The number of benzene rings is 2. The van der Waals surface area contributed by atoms with Crippen molar-refractivity contribution in [2.75, 3.05) is 0 Å². The lowest BCUT2D eigenvalue weighted by atomic mass is 9.81. The number of carbonyl (C=O) groups is 3. The molecule has 3 amide bonds. The second kappa shape index (κ2) is 8.11. The molecular formula is C23H19Cl2N3O5. The van der Waals surface area contributed by atoms with Crippen LogP contribution in [0.5, 0.6) is 0 Å². The summed E-state index contributed by atoms with van der Waals surface area (Å²) in [5.74, 6) is -1.82. The monoisotopic (exact) mass is 487 g/mol. The molecule has 2 aromatic rings. The number of rotatable bonds is 5. The van der Waals surface area contributed by atoms with E-state index in [1.807, 2.05) is 0 Å². The Bertz CT molecular complexity index is 1160. The van der Waals surface area contributed by atoms with Crippen LogP contribution >= 0.6 is 23.2 Å². The molecule has 3 aliphatic rings. The van der Waals surface area contributed by atoms with E-state index < -0.39 is 22.7 Å². The van der Waals surface area contributed by atoms with Crippen molar-refractivity contribution in [3.63, 3.8) is 0 Å². The van der Waals surface area contributed by atoms with Crippen molar-refractivity contribution in [1.29, 1.82) is 0 Å². The molecule has 1 saturated heterocycles. The standard InChI is InChI=1S/C23H19Cl2N3O5/c24-16-6-3-15(18(25)10-16)11-26(21(29)12-4-7-17(8-5-12)28(32)33)27-22(30)19-13-1-2-14(9-13)20(19)23(27)31/h3-8,10,13-14,19-20H,1-2,9,11H2/t13-,14-,19-,20+/m0/s1. The number of fused-ring (bicyclic) bond motifs is 5. The van der Waals surface area contributed by atoms with Gasteiger partial charge in [0.2, 0.25) is 0 Å². The Balaban J connectivity index is 1.52. The third-order valence-electron chi connectivity index (χ3n) is 7.04. The first kappa shape index (κ1) is 21.9. The summed E-state index contributed by atoms with van der Waals surface area (Å²) in [5, 5.41) is 13.8. The third-order valence-corrected chi connectivity index (χ3v) is 7.63. The van der Waals surface area contributed by atoms with Gasteiger partial charge in [0.1, 0.15) is 0 Å². The van der Waals surface area contributed by atoms with Gasteiger partial charge in [0.25, 0.3) is 23.4 Å². The maximum Gasteiger partial charge on any atom is 0.273 e. The molecule has 0 spiro atoms. The molecule has 10 heteroatoms. The molecule has 2 aliphatic carbocycles. The van der Waals surface area contributed by atoms with Crippen LogP contribution in [0, 0.1) is 33.8 Å². The molecule has 170 valence electrons. The third kappa shape index (κ3) is 3.57. The van der Waals surface area contributed by atoms with Crippen LogP contribution in [0.2, 0.25) is 10.0 Å². The zero-order chi connectivity index (χ0) is 23.4. The largest absolute Gasteiger partial charge is 0.273 e. The summed E-state index contributed by atoms with van der Waals surface area (Å²) in [6.45, 7) is -0.127. The molecule has 0 radical (unpaired) electrons. The highest BCUT2D eigenvalue weighted by atomic mass is 35.5. The number of nitro groups is 1. The summed E-state index contributed by atoms with van der Waals surface area (Å²) >= 11 is 12.3. The number of hydrogen-bond acceptors (Lipinski definition) is 5. The van der Waals surface area contributed by atoms with Gasteiger partial charge >= 0.3 is 0 Å². The Kier molecular flexibility index (Phi) is 5.37. The Morgan fingerprint density at radius 1 is 1.03 bits per heavy atom. The summed E-state index contributed by atoms with van der Waals surface area (Å²) < 4.78 is 0. The zero-order valence-corrected chi connectivity index (χ0v) is 18.8. The highest BCUT2D eigenvalue weighted by Gasteiger charge is 2.62. The number of amides is 3. The molecule has 8 nitrogen and oxygen atoms in total. The lowest BCUT2D eigenvalue weighted by Gasteiger charge is -2.31. The van der Waals surface area contributed by atoms with Crippen LogP contribution in [0.15, 0.2) is 42.5 Å². The van der Waals surface area contributed by atoms with Crippen molar-refractivity contribution < 1.29 is 19.3 Å². The van der Waals surface area contributed by atoms with Gasteiger partial charge in [0, 0.05) is 27.7 Å². The Morgan fingerprint density at radius 2 is 1.64 bits per heavy atom. The van der Waals surface area contributed by atoms with Gasteiger partial charge in [0.15, 0.2) is 0 Å². The Labute approximate surface area is 199 Å². The molecule has 3 fully saturated rings. The molecule has 0 unspecified atom stereocenters. The van der Waals surface area contributed by atoms with Crippen LogP contribution < -0.4 is 0 Å². The summed E-state index contributed by atoms with van der Waals surface area (Å²) in [6.07, 6.45) is 2.70. The molecule has 33 heavy (non-hydrogen) atoms. The van der Waals surface area contributed by atoms with Crippen LogP contribution in [0.3, 0.4) is 0 Å². The van der Waals surface area contributed by atoms with Crippen molar-refractivity contribution in [3.05, 3.63) is 73.8 Å². The number of non-ortho nitro benzene ring substituents is 1. The van der Waals surface area contributed by atoms with E-state index in [0.717, 1.165) is 29.3 Å². The predicted molar refractivity (Wildman–Crippen MR) is 119 cm³/mol. The number of carbonyl (C=O) groups excluding carboxylic acids is 3. The minimum atomic E-state index is -0.620. The fraction of sp³-hybridized carbons (Fsp3) is 0.348. The molecular weight excluding hydrogens is 469 g/mol. The van der Waals surface area contributed by atoms with E-state index in [1.54, 1.807) is 12.1 Å². The molecule has 1 aliphatic heterocycles. The second-order valence-electron chi connectivity index (χ2n) is 8.78. The number of hydrazine groups is 1. The maximum atomic E-state index is 13.5. The predicted octanol–water partition coefficient (Wildman–Crippen LogP) is 4.49. The Hall–Kier alpha value is -2.97. The normalized spacial score (nSPS) is 25.5. The Morgan fingerprint density at radius 3 is 2.18 bits per heavy atom. The van der Waals surface area contributed by atoms with Gasteiger partial charge in [-0.3, -0.25) is 24.5 Å². The molecule has 4 atom stereocenters. The van der Waals surface area contributed by atoms with Crippen LogP contribution in [-0.4, -0.2) is 32.7 Å². The highest BCUT2D eigenvalue weighted by Crippen LogP contribution is 2.56. The maximum absolute atomic E-state index is 13.5. The lowest BCUT2D eigenvalue weighted by molar-refractivity contribution is -0.384. The molecule has 5 rings (SSSR count). The number of hydrogen-bond donors (Lipinski definition) is 0. The number of halogens is 2. The van der Waals surface area contributed by atoms with Crippen molar-refractivity contribution in [2.24, 2.45) is 23.7 Å². The van der Waals surface area contributed by atoms with Gasteiger partial charge in [-0.05, 0) is 60.9 Å². The van der Waals surface area contributed by atoms with E-state index in [4.69, 9.17) is 23.2 Å². The van der Waals surface area contributed by atoms with Crippen LogP contribution in [-0.2, 0) is 16.1 Å². The second-order valence-corrected chi connectivity index (χ2v) is 9.62. The van der Waals surface area contributed by atoms with Crippen molar-refractivity contribution >= 4 is 46.6 Å². The van der Waals surface area contributed by atoms with Crippen molar-refractivity contribution in [2.45, 2.75) is 25.8 Å². The average molecular weight is 488 g/mol. The van der Waals surface area contributed by atoms with Gasteiger partial charge in [-0.1, -0.05) is 29.3 Å². The van der Waals surface area contributed by atoms with E-state index >= 15 is 0 Å². The van der Waals surface area contributed by atoms with Gasteiger partial charge in [0.05, 0.1) is 23.3 Å². The summed E-state index contributed by atoms with van der Waals surface area (Å²) in [7, 11) is 0. The average Bonchev–Trinajstić information content (AvgIpc) is 3.47. The number of nitrogens with zero attached hydrogens (tertiary/aromatic N) is 3. The summed E-state index contributed by atoms with van der Waals surface area (Å²) in [6, 6.07) is 9.82. The van der Waals surface area contributed by atoms with Crippen molar-refractivity contribution in [3.8, 4) is 0 Å². The van der Waals surface area contributed by atoms with Gasteiger partial charge < -0.3 is 0 Å². The number of imide groups is 1. The topological polar surface area (TPSA) is 101 Å². The van der Waals surface area contributed by atoms with E-state index in [9.17, 15) is 24.5 Å². The quantitative estimate of drug-likeness (QED) is 0.351. The molecule has 0 aromatic heterocycles. The zero-order valence-electron chi connectivity index (χ0n) is 17.3. The smallest absolute Gasteiger partial charge is 0.272 e.